The van der Waals surface area contributed by atoms with E-state index in [1.165, 1.54) is 5.56 Å². The van der Waals surface area contributed by atoms with Crippen molar-refractivity contribution in [3.63, 3.8) is 0 Å². The number of nitrogens with zero attached hydrogens (tertiary/aromatic N) is 2. The number of hydrogen-bond acceptors (Lipinski definition) is 5. The maximum Gasteiger partial charge on any atom is 0.243 e. The van der Waals surface area contributed by atoms with Crippen LogP contribution in [-0.4, -0.2) is 16.6 Å². The van der Waals surface area contributed by atoms with Crippen LogP contribution in [0.25, 0.3) is 21.9 Å². The number of hydrogen-bond donors (Lipinski definition) is 1. The Morgan fingerprint density at radius 2 is 2.15 bits per heavy atom. The van der Waals surface area contributed by atoms with Crippen LogP contribution in [0.15, 0.2) is 39.2 Å². The fraction of sp³-hybridized carbons (Fsp3) is 0.350. The standard InChI is InChI=1S/C20H21N3O2S/c1-4-5-14-12(3)18(22-23-19(14)24)13-6-7-15-16(9-13)25-20(21-15)17-8-11(2)10-26-17/h6-10,12,14H,4-5H2,1-3H3,(H,23,24)/t12-,14-/m1/s1. The highest BCUT2D eigenvalue weighted by molar-refractivity contribution is 7.13. The summed E-state index contributed by atoms with van der Waals surface area (Å²) in [5.41, 5.74) is 7.32. The summed E-state index contributed by atoms with van der Waals surface area (Å²) < 4.78 is 5.99. The van der Waals surface area contributed by atoms with Crippen LogP contribution in [0.3, 0.4) is 0 Å². The van der Waals surface area contributed by atoms with Crippen molar-refractivity contribution in [2.24, 2.45) is 16.9 Å². The van der Waals surface area contributed by atoms with Crippen molar-refractivity contribution < 1.29 is 9.21 Å². The van der Waals surface area contributed by atoms with Gasteiger partial charge in [-0.25, -0.2) is 10.4 Å². The Balaban J connectivity index is 1.70. The number of oxazole rings is 1. The maximum atomic E-state index is 12.1. The lowest BCUT2D eigenvalue weighted by molar-refractivity contribution is -0.126. The molecule has 0 radical (unpaired) electrons. The summed E-state index contributed by atoms with van der Waals surface area (Å²) in [5, 5.41) is 6.41. The van der Waals surface area contributed by atoms with Gasteiger partial charge in [-0.1, -0.05) is 26.3 Å². The predicted molar refractivity (Wildman–Crippen MR) is 104 cm³/mol. The number of benzene rings is 1. The molecular weight excluding hydrogens is 346 g/mol. The van der Waals surface area contributed by atoms with Gasteiger partial charge in [0.1, 0.15) is 5.52 Å². The molecule has 1 N–H and O–H groups in total. The molecule has 5 nitrogen and oxygen atoms in total. The molecule has 0 unspecified atom stereocenters. The smallest absolute Gasteiger partial charge is 0.243 e. The van der Waals surface area contributed by atoms with Crippen LogP contribution in [0.5, 0.6) is 0 Å². The molecule has 1 aliphatic rings. The van der Waals surface area contributed by atoms with Gasteiger partial charge in [-0.15, -0.1) is 11.3 Å². The monoisotopic (exact) mass is 367 g/mol. The summed E-state index contributed by atoms with van der Waals surface area (Å²) in [6.07, 6.45) is 1.83. The van der Waals surface area contributed by atoms with E-state index < -0.39 is 0 Å². The van der Waals surface area contributed by atoms with Crippen molar-refractivity contribution in [3.05, 3.63) is 40.8 Å². The average Bonchev–Trinajstić information content (AvgIpc) is 3.24. The molecule has 1 aliphatic heterocycles. The number of fused-ring (bicyclic) bond motifs is 1. The van der Waals surface area contributed by atoms with Crippen molar-refractivity contribution >= 4 is 34.1 Å². The normalized spacial score (nSPS) is 20.3. The summed E-state index contributed by atoms with van der Waals surface area (Å²) in [7, 11) is 0. The van der Waals surface area contributed by atoms with Gasteiger partial charge < -0.3 is 4.42 Å². The molecule has 6 heteroatoms. The molecule has 2 atom stereocenters. The number of nitrogens with one attached hydrogen (secondary N) is 1. The molecule has 0 saturated carbocycles. The first-order chi connectivity index (χ1) is 12.6. The van der Waals surface area contributed by atoms with Crippen LogP contribution in [0, 0.1) is 18.8 Å². The quantitative estimate of drug-likeness (QED) is 0.723. The van der Waals surface area contributed by atoms with Gasteiger partial charge in [0.15, 0.2) is 5.58 Å². The van der Waals surface area contributed by atoms with Crippen molar-refractivity contribution in [1.82, 2.24) is 10.4 Å². The minimum Gasteiger partial charge on any atom is -0.435 e. The van der Waals surface area contributed by atoms with Gasteiger partial charge in [-0.2, -0.15) is 5.10 Å². The zero-order chi connectivity index (χ0) is 18.3. The molecule has 3 aromatic rings. The van der Waals surface area contributed by atoms with Crippen molar-refractivity contribution in [1.29, 1.82) is 0 Å². The largest absolute Gasteiger partial charge is 0.435 e. The fourth-order valence-electron chi connectivity index (χ4n) is 3.47. The Kier molecular flexibility index (Phi) is 4.36. The number of amides is 1. The second kappa shape index (κ2) is 6.68. The van der Waals surface area contributed by atoms with Gasteiger partial charge >= 0.3 is 0 Å². The topological polar surface area (TPSA) is 67.5 Å². The van der Waals surface area contributed by atoms with Crippen molar-refractivity contribution in [3.8, 4) is 10.8 Å². The van der Waals surface area contributed by atoms with E-state index in [4.69, 9.17) is 4.42 Å². The fourth-order valence-corrected chi connectivity index (χ4v) is 4.29. The lowest BCUT2D eigenvalue weighted by Crippen LogP contribution is -2.40. The molecule has 0 spiro atoms. The molecule has 0 aliphatic carbocycles. The number of thiophene rings is 1. The van der Waals surface area contributed by atoms with Crippen LogP contribution >= 0.6 is 11.3 Å². The molecule has 26 heavy (non-hydrogen) atoms. The lowest BCUT2D eigenvalue weighted by Gasteiger charge is -2.27. The molecule has 1 amide bonds. The first-order valence-electron chi connectivity index (χ1n) is 8.90. The molecule has 2 aromatic heterocycles. The van der Waals surface area contributed by atoms with Crippen molar-refractivity contribution in [2.75, 3.05) is 0 Å². The third-order valence-electron chi connectivity index (χ3n) is 4.88. The van der Waals surface area contributed by atoms with Gasteiger partial charge in [-0.3, -0.25) is 4.79 Å². The highest BCUT2D eigenvalue weighted by atomic mass is 32.1. The number of hydrazone groups is 1. The third kappa shape index (κ3) is 2.94. The maximum absolute atomic E-state index is 12.1. The minimum atomic E-state index is -0.0393. The Bertz CT molecular complexity index is 1000. The number of aryl methyl sites for hydroxylation is 1. The highest BCUT2D eigenvalue weighted by Gasteiger charge is 2.32. The van der Waals surface area contributed by atoms with Gasteiger partial charge in [0.2, 0.25) is 11.8 Å². The lowest BCUT2D eigenvalue weighted by atomic mass is 9.82. The van der Waals surface area contributed by atoms with E-state index in [1.807, 2.05) is 18.2 Å². The Morgan fingerprint density at radius 1 is 1.31 bits per heavy atom. The number of carbonyl (C=O) groups is 1. The van der Waals surface area contributed by atoms with Gasteiger partial charge in [0, 0.05) is 17.4 Å². The zero-order valence-corrected chi connectivity index (χ0v) is 15.9. The first-order valence-corrected chi connectivity index (χ1v) is 9.78. The van der Waals surface area contributed by atoms with Crippen LogP contribution in [-0.2, 0) is 4.79 Å². The number of carbonyl (C=O) groups excluding carboxylic acids is 1. The molecule has 0 fully saturated rings. The average molecular weight is 367 g/mol. The molecule has 0 saturated heterocycles. The minimum absolute atomic E-state index is 0.0131. The molecule has 1 aromatic carbocycles. The third-order valence-corrected chi connectivity index (χ3v) is 5.92. The zero-order valence-electron chi connectivity index (χ0n) is 15.1. The van der Waals surface area contributed by atoms with Gasteiger partial charge in [-0.05, 0) is 42.5 Å². The summed E-state index contributed by atoms with van der Waals surface area (Å²) in [6, 6.07) is 8.01. The van der Waals surface area contributed by atoms with E-state index in [9.17, 15) is 4.79 Å². The van der Waals surface area contributed by atoms with Crippen LogP contribution in [0.1, 0.15) is 37.8 Å². The summed E-state index contributed by atoms with van der Waals surface area (Å²) >= 11 is 1.63. The van der Waals surface area contributed by atoms with Crippen LogP contribution in [0.4, 0.5) is 0 Å². The summed E-state index contributed by atoms with van der Waals surface area (Å²) in [4.78, 5) is 17.7. The summed E-state index contributed by atoms with van der Waals surface area (Å²) in [5.74, 6) is 0.691. The Hall–Kier alpha value is -2.47. The second-order valence-electron chi connectivity index (χ2n) is 6.85. The molecule has 134 valence electrons. The van der Waals surface area contributed by atoms with E-state index in [2.05, 4.69) is 47.7 Å². The van der Waals surface area contributed by atoms with Crippen molar-refractivity contribution in [2.45, 2.75) is 33.6 Å². The first kappa shape index (κ1) is 17.0. The Morgan fingerprint density at radius 3 is 2.88 bits per heavy atom. The van der Waals surface area contributed by atoms with E-state index in [0.29, 0.717) is 5.89 Å². The van der Waals surface area contributed by atoms with E-state index in [-0.39, 0.29) is 17.7 Å². The summed E-state index contributed by atoms with van der Waals surface area (Å²) in [6.45, 7) is 6.23. The van der Waals surface area contributed by atoms with Gasteiger partial charge in [0.05, 0.1) is 10.6 Å². The SMILES string of the molecule is CCC[C@H]1C(=O)NN=C(c2ccc3nc(-c4cc(C)cs4)oc3c2)[C@@H]1C. The molecule has 3 heterocycles. The Labute approximate surface area is 156 Å². The highest BCUT2D eigenvalue weighted by Crippen LogP contribution is 2.31. The molecule has 4 rings (SSSR count). The van der Waals surface area contributed by atoms with Gasteiger partial charge in [0.25, 0.3) is 0 Å². The van der Waals surface area contributed by atoms with Crippen LogP contribution < -0.4 is 5.43 Å². The van der Waals surface area contributed by atoms with Crippen LogP contribution in [0.2, 0.25) is 0 Å². The molecule has 0 bridgehead atoms. The second-order valence-corrected chi connectivity index (χ2v) is 7.76. The number of aromatic nitrogens is 1. The predicted octanol–water partition coefficient (Wildman–Crippen LogP) is 4.75. The van der Waals surface area contributed by atoms with E-state index in [0.717, 1.165) is 40.1 Å². The van der Waals surface area contributed by atoms with E-state index >= 15 is 0 Å². The number of rotatable bonds is 4. The van der Waals surface area contributed by atoms with E-state index in [1.54, 1.807) is 11.3 Å². The molecular formula is C20H21N3O2S.